The van der Waals surface area contributed by atoms with Gasteiger partial charge in [0, 0.05) is 11.5 Å². The van der Waals surface area contributed by atoms with Crippen molar-refractivity contribution in [1.82, 2.24) is 5.32 Å². The van der Waals surface area contributed by atoms with Crippen LogP contribution < -0.4 is 10.4 Å². The summed E-state index contributed by atoms with van der Waals surface area (Å²) in [5.74, 6) is -0.432. The molecule has 0 fully saturated rings. The Balaban J connectivity index is 2.52. The lowest BCUT2D eigenvalue weighted by Gasteiger charge is -2.24. The average Bonchev–Trinajstić information content (AvgIpc) is 2.39. The molecule has 0 aliphatic heterocycles. The summed E-state index contributed by atoms with van der Waals surface area (Å²) in [7, 11) is 0. The second-order valence-corrected chi connectivity index (χ2v) is 7.48. The highest BCUT2D eigenvalue weighted by Gasteiger charge is 2.20. The van der Waals surface area contributed by atoms with Gasteiger partial charge < -0.3 is 20.0 Å². The zero-order chi connectivity index (χ0) is 17.6. The first-order valence-corrected chi connectivity index (χ1v) is 8.58. The molecular weight excluding hydrogens is 314 g/mol. The third-order valence-electron chi connectivity index (χ3n) is 3.10. The highest BCUT2D eigenvalue weighted by atomic mass is 32.2. The minimum Gasteiger partial charge on any atom is -0.548 e. The van der Waals surface area contributed by atoms with Crippen molar-refractivity contribution in [3.8, 4) is 0 Å². The summed E-state index contributed by atoms with van der Waals surface area (Å²) in [6.07, 6.45) is -0.751. The molecule has 1 rings (SSSR count). The summed E-state index contributed by atoms with van der Waals surface area (Å²) in [5, 5.41) is 13.5. The Kier molecular flexibility index (Phi) is 6.94. The largest absolute Gasteiger partial charge is 0.548 e. The molecule has 1 N–H and O–H groups in total. The number of alkyl carbamates (subject to hydrolysis) is 1. The van der Waals surface area contributed by atoms with Crippen LogP contribution in [0, 0.1) is 13.8 Å². The maximum atomic E-state index is 11.7. The number of benzene rings is 1. The Morgan fingerprint density at radius 3 is 2.43 bits per heavy atom. The van der Waals surface area contributed by atoms with E-state index in [1.54, 1.807) is 20.8 Å². The number of hydrogen-bond donors (Lipinski definition) is 1. The predicted molar refractivity (Wildman–Crippen MR) is 90.2 cm³/mol. The van der Waals surface area contributed by atoms with Crippen molar-refractivity contribution in [2.24, 2.45) is 0 Å². The van der Waals surface area contributed by atoms with E-state index >= 15 is 0 Å². The van der Waals surface area contributed by atoms with E-state index in [1.165, 1.54) is 22.9 Å². The number of thioether (sulfide) groups is 1. The molecule has 6 heteroatoms. The molecule has 0 unspecified atom stereocenters. The highest BCUT2D eigenvalue weighted by Crippen LogP contribution is 2.17. The molecule has 128 valence electrons. The van der Waals surface area contributed by atoms with E-state index in [2.05, 4.69) is 11.4 Å². The summed E-state index contributed by atoms with van der Waals surface area (Å²) in [6, 6.07) is 5.06. The third kappa shape index (κ3) is 7.41. The van der Waals surface area contributed by atoms with Crippen LogP contribution in [-0.2, 0) is 15.3 Å². The van der Waals surface area contributed by atoms with E-state index in [0.717, 1.165) is 5.56 Å². The Morgan fingerprint density at radius 2 is 1.91 bits per heavy atom. The number of aryl methyl sites for hydroxylation is 2. The van der Waals surface area contributed by atoms with Crippen molar-refractivity contribution < 1.29 is 19.4 Å². The lowest BCUT2D eigenvalue weighted by molar-refractivity contribution is -0.307. The van der Waals surface area contributed by atoms with Crippen LogP contribution in [0.25, 0.3) is 0 Å². The molecule has 0 heterocycles. The molecule has 5 nitrogen and oxygen atoms in total. The van der Waals surface area contributed by atoms with Gasteiger partial charge in [-0.25, -0.2) is 4.79 Å². The SMILES string of the molecule is Cc1ccc(CSC[C@H](NC(=O)OC(C)(C)C)C(=O)[O-])cc1C. The lowest BCUT2D eigenvalue weighted by atomic mass is 10.1. The number of aliphatic carboxylic acids is 1. The third-order valence-corrected chi connectivity index (χ3v) is 4.21. The summed E-state index contributed by atoms with van der Waals surface area (Å²) in [6.45, 7) is 9.24. The van der Waals surface area contributed by atoms with E-state index in [4.69, 9.17) is 4.74 Å². The molecule has 1 aromatic rings. The van der Waals surface area contributed by atoms with E-state index in [1.807, 2.05) is 26.0 Å². The van der Waals surface area contributed by atoms with Crippen LogP contribution in [0.3, 0.4) is 0 Å². The Bertz CT molecular complexity index is 566. The van der Waals surface area contributed by atoms with Crippen molar-refractivity contribution in [2.75, 3.05) is 5.75 Å². The lowest BCUT2D eigenvalue weighted by Crippen LogP contribution is -2.50. The second kappa shape index (κ2) is 8.24. The van der Waals surface area contributed by atoms with Crippen molar-refractivity contribution in [3.05, 3.63) is 34.9 Å². The molecule has 0 aliphatic rings. The fraction of sp³-hybridized carbons (Fsp3) is 0.529. The number of carboxylic acid groups (broad SMARTS) is 1. The van der Waals surface area contributed by atoms with Crippen LogP contribution in [0.2, 0.25) is 0 Å². The van der Waals surface area contributed by atoms with Crippen LogP contribution in [-0.4, -0.2) is 29.5 Å². The van der Waals surface area contributed by atoms with E-state index < -0.39 is 23.7 Å². The van der Waals surface area contributed by atoms with Crippen molar-refractivity contribution >= 4 is 23.8 Å². The summed E-state index contributed by atoms with van der Waals surface area (Å²) in [5.41, 5.74) is 2.87. The number of rotatable bonds is 6. The minimum atomic E-state index is -1.32. The monoisotopic (exact) mass is 338 g/mol. The molecule has 1 atom stereocenters. The van der Waals surface area contributed by atoms with Crippen molar-refractivity contribution in [1.29, 1.82) is 0 Å². The van der Waals surface area contributed by atoms with Crippen LogP contribution in [0.15, 0.2) is 18.2 Å². The summed E-state index contributed by atoms with van der Waals surface area (Å²) in [4.78, 5) is 22.8. The van der Waals surface area contributed by atoms with E-state index in [0.29, 0.717) is 5.75 Å². The van der Waals surface area contributed by atoms with Gasteiger partial charge in [0.2, 0.25) is 0 Å². The Labute approximate surface area is 141 Å². The number of nitrogens with one attached hydrogen (secondary N) is 1. The van der Waals surface area contributed by atoms with Gasteiger partial charge in [-0.2, -0.15) is 11.8 Å². The Morgan fingerprint density at radius 1 is 1.26 bits per heavy atom. The quantitative estimate of drug-likeness (QED) is 0.860. The molecular formula is C17H24NO4S-. The van der Waals surface area contributed by atoms with Gasteiger partial charge in [0.25, 0.3) is 0 Å². The first-order valence-electron chi connectivity index (χ1n) is 7.43. The van der Waals surface area contributed by atoms with Crippen molar-refractivity contribution in [3.63, 3.8) is 0 Å². The summed E-state index contributed by atoms with van der Waals surface area (Å²) < 4.78 is 5.06. The van der Waals surface area contributed by atoms with Gasteiger partial charge in [-0.3, -0.25) is 0 Å². The number of hydrogen-bond acceptors (Lipinski definition) is 5. The van der Waals surface area contributed by atoms with Crippen LogP contribution >= 0.6 is 11.8 Å². The molecule has 0 saturated carbocycles. The standard InChI is InChI=1S/C17H25NO4S/c1-11-6-7-13(8-12(11)2)9-23-10-14(15(19)20)18-16(21)22-17(3,4)5/h6-8,14H,9-10H2,1-5H3,(H,18,21)(H,19,20)/p-1/t14-/m0/s1. The average molecular weight is 338 g/mol. The molecule has 0 radical (unpaired) electrons. The summed E-state index contributed by atoms with van der Waals surface area (Å²) >= 11 is 1.43. The smallest absolute Gasteiger partial charge is 0.408 e. The maximum Gasteiger partial charge on any atom is 0.408 e. The zero-order valence-corrected chi connectivity index (χ0v) is 15.1. The molecule has 0 spiro atoms. The highest BCUT2D eigenvalue weighted by molar-refractivity contribution is 7.98. The molecule has 0 saturated heterocycles. The van der Waals surface area contributed by atoms with E-state index in [-0.39, 0.29) is 5.75 Å². The van der Waals surface area contributed by atoms with Gasteiger partial charge in [-0.1, -0.05) is 18.2 Å². The first-order chi connectivity index (χ1) is 10.6. The molecule has 0 aliphatic carbocycles. The van der Waals surface area contributed by atoms with Gasteiger partial charge in [0.15, 0.2) is 0 Å². The number of carbonyl (C=O) groups is 2. The molecule has 0 bridgehead atoms. The normalized spacial score (nSPS) is 12.6. The molecule has 0 aromatic heterocycles. The maximum absolute atomic E-state index is 11.7. The van der Waals surface area contributed by atoms with Gasteiger partial charge >= 0.3 is 6.09 Å². The number of amides is 1. The predicted octanol–water partition coefficient (Wildman–Crippen LogP) is 2.18. The Hall–Kier alpha value is -1.69. The molecule has 1 amide bonds. The topological polar surface area (TPSA) is 78.5 Å². The van der Waals surface area contributed by atoms with Gasteiger partial charge in [0.1, 0.15) is 5.60 Å². The van der Waals surface area contributed by atoms with Crippen LogP contribution in [0.5, 0.6) is 0 Å². The first kappa shape index (κ1) is 19.4. The number of carbonyl (C=O) groups excluding carboxylic acids is 2. The van der Waals surface area contributed by atoms with Gasteiger partial charge in [-0.05, 0) is 51.3 Å². The molecule has 1 aromatic carbocycles. The van der Waals surface area contributed by atoms with Crippen LogP contribution in [0.4, 0.5) is 4.79 Å². The number of carboxylic acids is 1. The fourth-order valence-electron chi connectivity index (χ4n) is 1.81. The minimum absolute atomic E-state index is 0.217. The molecule has 23 heavy (non-hydrogen) atoms. The van der Waals surface area contributed by atoms with Gasteiger partial charge in [-0.15, -0.1) is 0 Å². The van der Waals surface area contributed by atoms with E-state index in [9.17, 15) is 14.7 Å². The zero-order valence-electron chi connectivity index (χ0n) is 14.3. The second-order valence-electron chi connectivity index (χ2n) is 6.45. The van der Waals surface area contributed by atoms with Crippen LogP contribution in [0.1, 0.15) is 37.5 Å². The van der Waals surface area contributed by atoms with Gasteiger partial charge in [0.05, 0.1) is 12.0 Å². The number of ether oxygens (including phenoxy) is 1. The van der Waals surface area contributed by atoms with Crippen molar-refractivity contribution in [2.45, 2.75) is 52.0 Å². The fourth-order valence-corrected chi connectivity index (χ4v) is 2.79.